The van der Waals surface area contributed by atoms with Crippen LogP contribution in [-0.2, 0) is 15.7 Å². The molecule has 11 heteroatoms. The molecular formula is C22H22ClF3N4O2S. The fourth-order valence-electron chi connectivity index (χ4n) is 3.07. The first-order chi connectivity index (χ1) is 15.7. The molecule has 0 saturated heterocycles. The number of rotatable bonds is 9. The van der Waals surface area contributed by atoms with Gasteiger partial charge in [-0.25, -0.2) is 0 Å². The molecule has 3 rings (SSSR count). The average molecular weight is 499 g/mol. The Morgan fingerprint density at radius 1 is 1.21 bits per heavy atom. The van der Waals surface area contributed by atoms with Crippen LogP contribution in [0.2, 0.25) is 5.02 Å². The smallest absolute Gasteiger partial charge is 0.385 e. The molecule has 0 aliphatic heterocycles. The number of para-hydroxylation sites is 1. The van der Waals surface area contributed by atoms with Crippen LogP contribution in [0.25, 0.3) is 17.1 Å². The van der Waals surface area contributed by atoms with Crippen molar-refractivity contribution < 1.29 is 22.7 Å². The number of alkyl halides is 3. The van der Waals surface area contributed by atoms with Crippen molar-refractivity contribution in [2.45, 2.75) is 29.9 Å². The second kappa shape index (κ2) is 11.0. The Morgan fingerprint density at radius 3 is 2.67 bits per heavy atom. The van der Waals surface area contributed by atoms with Crippen LogP contribution in [0.1, 0.15) is 18.9 Å². The number of aromatic nitrogens is 3. The molecule has 0 spiro atoms. The highest BCUT2D eigenvalue weighted by Gasteiger charge is 2.35. The molecule has 0 saturated carbocycles. The topological polar surface area (TPSA) is 69.0 Å². The number of halogens is 4. The van der Waals surface area contributed by atoms with Crippen LogP contribution in [0, 0.1) is 0 Å². The van der Waals surface area contributed by atoms with Crippen molar-refractivity contribution in [1.82, 2.24) is 20.1 Å². The summed E-state index contributed by atoms with van der Waals surface area (Å²) in [4.78, 5) is 12.5. The SMILES string of the molecule is COCCCNC(=O)C(C)Sc1nnc(-c2cccc(Cl)c2)n1-c1ccccc1C(F)(F)F. The van der Waals surface area contributed by atoms with E-state index in [1.807, 2.05) is 0 Å². The van der Waals surface area contributed by atoms with Gasteiger partial charge in [0.25, 0.3) is 0 Å². The molecule has 0 bridgehead atoms. The number of hydrogen-bond donors (Lipinski definition) is 1. The van der Waals surface area contributed by atoms with Crippen LogP contribution in [0.3, 0.4) is 0 Å². The number of amides is 1. The van der Waals surface area contributed by atoms with Gasteiger partial charge >= 0.3 is 6.18 Å². The molecule has 1 aromatic heterocycles. The van der Waals surface area contributed by atoms with Gasteiger partial charge in [0, 0.05) is 30.8 Å². The Morgan fingerprint density at radius 2 is 1.97 bits per heavy atom. The predicted molar refractivity (Wildman–Crippen MR) is 122 cm³/mol. The lowest BCUT2D eigenvalue weighted by atomic mass is 10.1. The molecular weight excluding hydrogens is 477 g/mol. The second-order valence-corrected chi connectivity index (χ2v) is 8.81. The van der Waals surface area contributed by atoms with Gasteiger partial charge in [0.1, 0.15) is 0 Å². The van der Waals surface area contributed by atoms with E-state index in [4.69, 9.17) is 16.3 Å². The number of ether oxygens (including phenoxy) is 1. The molecule has 1 N–H and O–H groups in total. The van der Waals surface area contributed by atoms with E-state index in [0.29, 0.717) is 30.2 Å². The lowest BCUT2D eigenvalue weighted by Gasteiger charge is -2.18. The minimum Gasteiger partial charge on any atom is -0.385 e. The van der Waals surface area contributed by atoms with Crippen LogP contribution in [0.5, 0.6) is 0 Å². The molecule has 6 nitrogen and oxygen atoms in total. The van der Waals surface area contributed by atoms with Crippen molar-refractivity contribution in [2.24, 2.45) is 0 Å². The van der Waals surface area contributed by atoms with Gasteiger partial charge in [0.05, 0.1) is 16.5 Å². The number of carbonyl (C=O) groups excluding carboxylic acids is 1. The molecule has 0 radical (unpaired) electrons. The Labute approximate surface area is 198 Å². The van der Waals surface area contributed by atoms with Gasteiger partial charge in [-0.2, -0.15) is 13.2 Å². The van der Waals surface area contributed by atoms with Crippen molar-refractivity contribution in [1.29, 1.82) is 0 Å². The zero-order chi connectivity index (χ0) is 24.0. The highest BCUT2D eigenvalue weighted by atomic mass is 35.5. The van der Waals surface area contributed by atoms with Crippen LogP contribution < -0.4 is 5.32 Å². The van der Waals surface area contributed by atoms with Crippen molar-refractivity contribution >= 4 is 29.3 Å². The lowest BCUT2D eigenvalue weighted by Crippen LogP contribution is -2.32. The first kappa shape index (κ1) is 25.1. The number of methoxy groups -OCH3 is 1. The van der Waals surface area contributed by atoms with Gasteiger partial charge in [-0.3, -0.25) is 9.36 Å². The van der Waals surface area contributed by atoms with Crippen LogP contribution in [0.15, 0.2) is 53.7 Å². The van der Waals surface area contributed by atoms with E-state index in [9.17, 15) is 18.0 Å². The van der Waals surface area contributed by atoms with Gasteiger partial charge in [-0.1, -0.05) is 47.6 Å². The first-order valence-electron chi connectivity index (χ1n) is 10.0. The van der Waals surface area contributed by atoms with Crippen molar-refractivity contribution in [2.75, 3.05) is 20.3 Å². The molecule has 1 unspecified atom stereocenters. The minimum atomic E-state index is -4.60. The van der Waals surface area contributed by atoms with Gasteiger partial charge in [-0.05, 0) is 37.6 Å². The van der Waals surface area contributed by atoms with E-state index < -0.39 is 17.0 Å². The summed E-state index contributed by atoms with van der Waals surface area (Å²) in [6, 6.07) is 11.8. The third-order valence-corrected chi connectivity index (χ3v) is 5.92. The number of nitrogens with zero attached hydrogens (tertiary/aromatic N) is 3. The summed E-state index contributed by atoms with van der Waals surface area (Å²) < 4.78 is 47.7. The standard InChI is InChI=1S/C22H22ClF3N4O2S/c1-14(20(31)27-11-6-12-32-2)33-21-29-28-19(15-7-5-8-16(23)13-15)30(21)18-10-4-3-9-17(18)22(24,25)26/h3-5,7-10,13-14H,6,11-12H2,1-2H3,(H,27,31). The number of thioether (sulfide) groups is 1. The van der Waals surface area contributed by atoms with Crippen molar-refractivity contribution in [3.05, 3.63) is 59.1 Å². The molecule has 176 valence electrons. The third kappa shape index (κ3) is 6.27. The lowest BCUT2D eigenvalue weighted by molar-refractivity contribution is -0.137. The Hall–Kier alpha value is -2.56. The maximum Gasteiger partial charge on any atom is 0.418 e. The highest BCUT2D eigenvalue weighted by molar-refractivity contribution is 8.00. The monoisotopic (exact) mass is 498 g/mol. The number of nitrogens with one attached hydrogen (secondary N) is 1. The summed E-state index contributed by atoms with van der Waals surface area (Å²) in [7, 11) is 1.57. The summed E-state index contributed by atoms with van der Waals surface area (Å²) in [5, 5.41) is 11.0. The van der Waals surface area contributed by atoms with E-state index in [0.717, 1.165) is 17.8 Å². The molecule has 3 aromatic rings. The van der Waals surface area contributed by atoms with Gasteiger partial charge in [-0.15, -0.1) is 10.2 Å². The zero-order valence-electron chi connectivity index (χ0n) is 17.9. The van der Waals surface area contributed by atoms with E-state index in [1.165, 1.54) is 22.8 Å². The van der Waals surface area contributed by atoms with Crippen molar-refractivity contribution in [3.8, 4) is 17.1 Å². The minimum absolute atomic E-state index is 0.139. The average Bonchev–Trinajstić information content (AvgIpc) is 3.19. The number of carbonyl (C=O) groups is 1. The maximum absolute atomic E-state index is 13.8. The highest BCUT2D eigenvalue weighted by Crippen LogP contribution is 2.38. The third-order valence-electron chi connectivity index (χ3n) is 4.64. The summed E-state index contributed by atoms with van der Waals surface area (Å²) in [6.45, 7) is 2.59. The van der Waals surface area contributed by atoms with E-state index >= 15 is 0 Å². The summed E-state index contributed by atoms with van der Waals surface area (Å²) in [5.74, 6) is -0.0801. The normalized spacial score (nSPS) is 12.5. The predicted octanol–water partition coefficient (Wildman–Crippen LogP) is 5.24. The summed E-state index contributed by atoms with van der Waals surface area (Å²) >= 11 is 7.12. The Balaban J connectivity index is 2.02. The van der Waals surface area contributed by atoms with E-state index in [-0.39, 0.29) is 22.6 Å². The Bertz CT molecular complexity index is 1110. The van der Waals surface area contributed by atoms with Crippen LogP contribution >= 0.6 is 23.4 Å². The first-order valence-corrected chi connectivity index (χ1v) is 11.3. The molecule has 1 atom stereocenters. The van der Waals surface area contributed by atoms with Gasteiger partial charge < -0.3 is 10.1 Å². The van der Waals surface area contributed by atoms with Gasteiger partial charge in [0.15, 0.2) is 11.0 Å². The molecule has 0 aliphatic carbocycles. The van der Waals surface area contributed by atoms with Gasteiger partial charge in [0.2, 0.25) is 5.91 Å². The quantitative estimate of drug-likeness (QED) is 0.323. The molecule has 2 aromatic carbocycles. The van der Waals surface area contributed by atoms with E-state index in [2.05, 4.69) is 15.5 Å². The molecule has 0 fully saturated rings. The zero-order valence-corrected chi connectivity index (χ0v) is 19.5. The van der Waals surface area contributed by atoms with E-state index in [1.54, 1.807) is 38.3 Å². The van der Waals surface area contributed by atoms with Crippen molar-refractivity contribution in [3.63, 3.8) is 0 Å². The fourth-order valence-corrected chi connectivity index (χ4v) is 4.14. The maximum atomic E-state index is 13.8. The summed E-state index contributed by atoms with van der Waals surface area (Å²) in [5.41, 5.74) is -0.484. The van der Waals surface area contributed by atoms with Crippen LogP contribution in [0.4, 0.5) is 13.2 Å². The number of benzene rings is 2. The van der Waals surface area contributed by atoms with Crippen LogP contribution in [-0.4, -0.2) is 46.2 Å². The number of hydrogen-bond acceptors (Lipinski definition) is 5. The fraction of sp³-hybridized carbons (Fsp3) is 0.318. The molecule has 0 aliphatic rings. The Kier molecular flexibility index (Phi) is 8.39. The second-order valence-electron chi connectivity index (χ2n) is 7.06. The largest absolute Gasteiger partial charge is 0.418 e. The molecule has 1 amide bonds. The summed E-state index contributed by atoms with van der Waals surface area (Å²) in [6.07, 6.45) is -3.95. The molecule has 1 heterocycles. The molecule has 33 heavy (non-hydrogen) atoms.